The lowest BCUT2D eigenvalue weighted by atomic mass is 10.2. The molecule has 82 valence electrons. The third-order valence-corrected chi connectivity index (χ3v) is 1.71. The van der Waals surface area contributed by atoms with Crippen LogP contribution in [0.2, 0.25) is 0 Å². The average Bonchev–Trinajstić information content (AvgIpc) is 2.09. The van der Waals surface area contributed by atoms with Crippen LogP contribution >= 0.6 is 0 Å². The van der Waals surface area contributed by atoms with Crippen molar-refractivity contribution in [1.29, 1.82) is 0 Å². The highest BCUT2D eigenvalue weighted by Gasteiger charge is 2.38. The Bertz CT molecular complexity index is 387. The fourth-order valence-electron chi connectivity index (χ4n) is 0.972. The van der Waals surface area contributed by atoms with Crippen LogP contribution in [0.1, 0.15) is 5.56 Å². The van der Waals surface area contributed by atoms with E-state index in [1.807, 2.05) is 0 Å². The summed E-state index contributed by atoms with van der Waals surface area (Å²) in [7, 11) is 0. The molecule has 3 nitrogen and oxygen atoms in total. The van der Waals surface area contributed by atoms with Gasteiger partial charge in [0, 0.05) is 0 Å². The number of anilines is 2. The standard InChI is InChI=1S/C9H9F3N2O/c1-5-2-3-6(13)7(4-5)14-8(15)9(10,11)12/h2-4H,13H2,1H3,(H,14,15). The molecular formula is C9H9F3N2O. The molecule has 0 radical (unpaired) electrons. The van der Waals surface area contributed by atoms with Crippen LogP contribution in [-0.4, -0.2) is 12.1 Å². The van der Waals surface area contributed by atoms with E-state index in [9.17, 15) is 18.0 Å². The first kappa shape index (κ1) is 11.4. The zero-order chi connectivity index (χ0) is 11.6. The molecule has 0 saturated heterocycles. The molecule has 0 aromatic heterocycles. The Hall–Kier alpha value is -1.72. The molecule has 1 amide bonds. The van der Waals surface area contributed by atoms with Gasteiger partial charge in [-0.1, -0.05) is 6.07 Å². The molecule has 0 aliphatic heterocycles. The summed E-state index contributed by atoms with van der Waals surface area (Å²) in [6, 6.07) is 4.44. The van der Waals surface area contributed by atoms with Crippen LogP contribution in [0.25, 0.3) is 0 Å². The second-order valence-electron chi connectivity index (χ2n) is 3.04. The third-order valence-electron chi connectivity index (χ3n) is 1.71. The molecule has 1 aromatic carbocycles. The van der Waals surface area contributed by atoms with Gasteiger partial charge < -0.3 is 11.1 Å². The molecule has 0 bridgehead atoms. The number of aryl methyl sites for hydroxylation is 1. The molecule has 0 heterocycles. The highest BCUT2D eigenvalue weighted by Crippen LogP contribution is 2.23. The van der Waals surface area contributed by atoms with Gasteiger partial charge in [0.25, 0.3) is 0 Å². The molecule has 3 N–H and O–H groups in total. The zero-order valence-electron chi connectivity index (χ0n) is 7.85. The van der Waals surface area contributed by atoms with Crippen LogP contribution in [0.15, 0.2) is 18.2 Å². The van der Waals surface area contributed by atoms with E-state index in [0.29, 0.717) is 5.56 Å². The van der Waals surface area contributed by atoms with Crippen molar-refractivity contribution in [1.82, 2.24) is 0 Å². The van der Waals surface area contributed by atoms with Gasteiger partial charge in [-0.15, -0.1) is 0 Å². The fraction of sp³-hybridized carbons (Fsp3) is 0.222. The summed E-state index contributed by atoms with van der Waals surface area (Å²) in [5, 5.41) is 1.70. The van der Waals surface area contributed by atoms with Crippen molar-refractivity contribution in [2.45, 2.75) is 13.1 Å². The van der Waals surface area contributed by atoms with Gasteiger partial charge in [0.05, 0.1) is 11.4 Å². The van der Waals surface area contributed by atoms with Gasteiger partial charge in [0.2, 0.25) is 0 Å². The monoisotopic (exact) mass is 218 g/mol. The number of rotatable bonds is 1. The minimum Gasteiger partial charge on any atom is -0.397 e. The van der Waals surface area contributed by atoms with Crippen molar-refractivity contribution < 1.29 is 18.0 Å². The molecule has 6 heteroatoms. The Morgan fingerprint density at radius 1 is 1.40 bits per heavy atom. The Balaban J connectivity index is 2.90. The number of hydrogen-bond donors (Lipinski definition) is 2. The smallest absolute Gasteiger partial charge is 0.397 e. The Kier molecular flexibility index (Phi) is 2.88. The first-order chi connectivity index (χ1) is 6.80. The average molecular weight is 218 g/mol. The van der Waals surface area contributed by atoms with Gasteiger partial charge in [-0.3, -0.25) is 4.79 Å². The van der Waals surface area contributed by atoms with E-state index in [1.54, 1.807) is 18.3 Å². The Labute approximate surface area is 84.1 Å². The number of nitrogens with two attached hydrogens (primary N) is 1. The lowest BCUT2D eigenvalue weighted by molar-refractivity contribution is -0.167. The molecule has 1 rings (SSSR count). The van der Waals surface area contributed by atoms with Gasteiger partial charge in [-0.25, -0.2) is 0 Å². The minimum atomic E-state index is -4.91. The van der Waals surface area contributed by atoms with E-state index in [2.05, 4.69) is 0 Å². The van der Waals surface area contributed by atoms with Gasteiger partial charge in [0.1, 0.15) is 0 Å². The van der Waals surface area contributed by atoms with Crippen molar-refractivity contribution >= 4 is 17.3 Å². The molecule has 0 spiro atoms. The van der Waals surface area contributed by atoms with Crippen molar-refractivity contribution in [3.8, 4) is 0 Å². The molecule has 0 unspecified atom stereocenters. The zero-order valence-corrected chi connectivity index (χ0v) is 7.85. The maximum absolute atomic E-state index is 11.9. The van der Waals surface area contributed by atoms with Crippen molar-refractivity contribution in [2.24, 2.45) is 0 Å². The maximum atomic E-state index is 11.9. The number of nitrogens with one attached hydrogen (secondary N) is 1. The maximum Gasteiger partial charge on any atom is 0.471 e. The van der Waals surface area contributed by atoms with Crippen molar-refractivity contribution in [3.05, 3.63) is 23.8 Å². The van der Waals surface area contributed by atoms with Crippen LogP contribution in [-0.2, 0) is 4.79 Å². The molecule has 0 fully saturated rings. The van der Waals surface area contributed by atoms with Crippen LogP contribution in [0, 0.1) is 6.92 Å². The van der Waals surface area contributed by atoms with Crippen LogP contribution < -0.4 is 11.1 Å². The van der Waals surface area contributed by atoms with E-state index in [4.69, 9.17) is 5.73 Å². The summed E-state index contributed by atoms with van der Waals surface area (Å²) in [5.74, 6) is -2.03. The lowest BCUT2D eigenvalue weighted by Crippen LogP contribution is -2.30. The SMILES string of the molecule is Cc1ccc(N)c(NC(=O)C(F)(F)F)c1. The normalized spacial score (nSPS) is 11.2. The van der Waals surface area contributed by atoms with Crippen molar-refractivity contribution in [2.75, 3.05) is 11.1 Å². The number of alkyl halides is 3. The number of benzene rings is 1. The molecule has 1 aromatic rings. The summed E-state index contributed by atoms with van der Waals surface area (Å²) < 4.78 is 35.7. The van der Waals surface area contributed by atoms with E-state index in [0.717, 1.165) is 0 Å². The topological polar surface area (TPSA) is 55.1 Å². The van der Waals surface area contributed by atoms with E-state index in [-0.39, 0.29) is 11.4 Å². The van der Waals surface area contributed by atoms with Crippen LogP contribution in [0.5, 0.6) is 0 Å². The number of carbonyl (C=O) groups is 1. The Morgan fingerprint density at radius 3 is 2.53 bits per heavy atom. The predicted octanol–water partition coefficient (Wildman–Crippen LogP) is 2.08. The van der Waals surface area contributed by atoms with E-state index in [1.165, 1.54) is 12.1 Å². The van der Waals surface area contributed by atoms with Crippen LogP contribution in [0.4, 0.5) is 24.5 Å². The van der Waals surface area contributed by atoms with Crippen molar-refractivity contribution in [3.63, 3.8) is 0 Å². The summed E-state index contributed by atoms with van der Waals surface area (Å²) in [4.78, 5) is 10.6. The minimum absolute atomic E-state index is 0.0303. The molecule has 0 saturated carbocycles. The first-order valence-electron chi connectivity index (χ1n) is 4.05. The largest absolute Gasteiger partial charge is 0.471 e. The second-order valence-corrected chi connectivity index (χ2v) is 3.04. The summed E-state index contributed by atoms with van der Waals surface area (Å²) in [6.45, 7) is 1.68. The Morgan fingerprint density at radius 2 is 2.00 bits per heavy atom. The number of hydrogen-bond acceptors (Lipinski definition) is 2. The highest BCUT2D eigenvalue weighted by atomic mass is 19.4. The number of carbonyl (C=O) groups excluding carboxylic acids is 1. The second kappa shape index (κ2) is 3.80. The van der Waals surface area contributed by atoms with Gasteiger partial charge in [-0.05, 0) is 24.6 Å². The van der Waals surface area contributed by atoms with Gasteiger partial charge in [-0.2, -0.15) is 13.2 Å². The number of halogens is 3. The number of nitrogen functional groups attached to an aromatic ring is 1. The summed E-state index contributed by atoms with van der Waals surface area (Å²) in [6.07, 6.45) is -4.91. The third kappa shape index (κ3) is 2.87. The quantitative estimate of drug-likeness (QED) is 0.709. The number of amides is 1. The van der Waals surface area contributed by atoms with Gasteiger partial charge in [0.15, 0.2) is 0 Å². The predicted molar refractivity (Wildman–Crippen MR) is 50.3 cm³/mol. The van der Waals surface area contributed by atoms with E-state index < -0.39 is 12.1 Å². The highest BCUT2D eigenvalue weighted by molar-refractivity contribution is 5.97. The summed E-state index contributed by atoms with van der Waals surface area (Å²) >= 11 is 0. The summed E-state index contributed by atoms with van der Waals surface area (Å²) in [5.41, 5.74) is 6.17. The lowest BCUT2D eigenvalue weighted by Gasteiger charge is -2.10. The van der Waals surface area contributed by atoms with E-state index >= 15 is 0 Å². The van der Waals surface area contributed by atoms with Crippen LogP contribution in [0.3, 0.4) is 0 Å². The molecular weight excluding hydrogens is 209 g/mol. The molecule has 0 aliphatic rings. The molecule has 0 atom stereocenters. The molecule has 0 aliphatic carbocycles. The first-order valence-corrected chi connectivity index (χ1v) is 4.05. The fourth-order valence-corrected chi connectivity index (χ4v) is 0.972. The molecule has 15 heavy (non-hydrogen) atoms. The van der Waals surface area contributed by atoms with Gasteiger partial charge >= 0.3 is 12.1 Å².